The molecule has 6 aromatic rings. The topological polar surface area (TPSA) is 53.1 Å². The van der Waals surface area contributed by atoms with Gasteiger partial charge >= 0.3 is 0 Å². The zero-order valence-electron chi connectivity index (χ0n) is 25.9. The molecule has 224 valence electrons. The van der Waals surface area contributed by atoms with Crippen molar-refractivity contribution in [3.63, 3.8) is 0 Å². The molecular formula is C42H30N4O. The van der Waals surface area contributed by atoms with Gasteiger partial charge in [-0.2, -0.15) is 4.99 Å². The summed E-state index contributed by atoms with van der Waals surface area (Å²) >= 11 is 0. The normalized spacial score (nSPS) is 18.1. The molecule has 0 fully saturated rings. The second-order valence-corrected chi connectivity index (χ2v) is 12.2. The van der Waals surface area contributed by atoms with Crippen molar-refractivity contribution in [3.05, 3.63) is 157 Å². The highest BCUT2D eigenvalue weighted by atomic mass is 16.3. The minimum absolute atomic E-state index is 0.607. The average molecular weight is 607 g/mol. The molecule has 1 aliphatic carbocycles. The van der Waals surface area contributed by atoms with Gasteiger partial charge in [-0.05, 0) is 78.9 Å². The van der Waals surface area contributed by atoms with Crippen molar-refractivity contribution in [2.45, 2.75) is 25.4 Å². The van der Waals surface area contributed by atoms with E-state index < -0.39 is 5.66 Å². The van der Waals surface area contributed by atoms with Crippen molar-refractivity contribution in [2.24, 2.45) is 9.98 Å². The first-order chi connectivity index (χ1) is 23.2. The van der Waals surface area contributed by atoms with Gasteiger partial charge in [-0.1, -0.05) is 103 Å². The molecular weight excluding hydrogens is 576 g/mol. The third-order valence-corrected chi connectivity index (χ3v) is 9.25. The number of aliphatic imine (C=N–C) groups is 2. The highest BCUT2D eigenvalue weighted by Crippen LogP contribution is 2.52. The van der Waals surface area contributed by atoms with E-state index in [0.717, 1.165) is 74.6 Å². The van der Waals surface area contributed by atoms with Crippen LogP contribution in [-0.4, -0.2) is 17.5 Å². The van der Waals surface area contributed by atoms with Crippen molar-refractivity contribution in [1.29, 1.82) is 0 Å². The molecule has 5 nitrogen and oxygen atoms in total. The summed E-state index contributed by atoms with van der Waals surface area (Å²) in [7, 11) is 0. The molecule has 0 radical (unpaired) electrons. The van der Waals surface area contributed by atoms with Crippen molar-refractivity contribution < 1.29 is 4.42 Å². The first kappa shape index (κ1) is 27.2. The first-order valence-corrected chi connectivity index (χ1v) is 16.0. The maximum atomic E-state index is 6.64. The zero-order valence-corrected chi connectivity index (χ0v) is 25.9. The summed E-state index contributed by atoms with van der Waals surface area (Å²) in [5.74, 6) is 2.19. The molecule has 47 heavy (non-hydrogen) atoms. The summed E-state index contributed by atoms with van der Waals surface area (Å²) in [6.45, 7) is 2.16. The Hall–Kier alpha value is -6.12. The van der Waals surface area contributed by atoms with Gasteiger partial charge < -0.3 is 9.73 Å². The number of benzene rings is 4. The van der Waals surface area contributed by atoms with Gasteiger partial charge in [0, 0.05) is 27.6 Å². The molecule has 5 heteroatoms. The summed E-state index contributed by atoms with van der Waals surface area (Å²) in [5.41, 5.74) is 9.41. The Kier molecular flexibility index (Phi) is 6.22. The second kappa shape index (κ2) is 10.8. The van der Waals surface area contributed by atoms with Gasteiger partial charge in [-0.3, -0.25) is 4.90 Å². The number of allylic oxidation sites excluding steroid dienone is 3. The molecule has 0 amide bonds. The lowest BCUT2D eigenvalue weighted by molar-refractivity contribution is 0.488. The summed E-state index contributed by atoms with van der Waals surface area (Å²) in [6.07, 6.45) is 8.43. The number of hydrogen-bond donors (Lipinski definition) is 1. The zero-order chi connectivity index (χ0) is 31.4. The molecule has 2 aliphatic heterocycles. The van der Waals surface area contributed by atoms with E-state index in [1.807, 2.05) is 30.3 Å². The number of nitrogens with zero attached hydrogens (tertiary/aromatic N) is 3. The molecule has 5 aromatic carbocycles. The van der Waals surface area contributed by atoms with Crippen molar-refractivity contribution in [2.75, 3.05) is 4.90 Å². The molecule has 1 atom stereocenters. The minimum atomic E-state index is -0.706. The molecule has 0 saturated heterocycles. The number of amidine groups is 1. The fourth-order valence-electron chi connectivity index (χ4n) is 6.94. The van der Waals surface area contributed by atoms with Crippen LogP contribution in [0.5, 0.6) is 0 Å². The predicted molar refractivity (Wildman–Crippen MR) is 191 cm³/mol. The number of hydrogen-bond acceptors (Lipinski definition) is 5. The fourth-order valence-corrected chi connectivity index (χ4v) is 6.94. The van der Waals surface area contributed by atoms with Crippen LogP contribution in [0, 0.1) is 12.1 Å². The van der Waals surface area contributed by atoms with E-state index >= 15 is 0 Å². The molecule has 1 N–H and O–H groups in total. The maximum Gasteiger partial charge on any atom is 0.234 e. The third-order valence-electron chi connectivity index (χ3n) is 9.25. The second-order valence-electron chi connectivity index (χ2n) is 12.2. The van der Waals surface area contributed by atoms with E-state index in [4.69, 9.17) is 14.4 Å². The van der Waals surface area contributed by atoms with Gasteiger partial charge in [0.2, 0.25) is 5.96 Å². The van der Waals surface area contributed by atoms with Gasteiger partial charge in [0.05, 0.1) is 11.4 Å². The van der Waals surface area contributed by atoms with Crippen LogP contribution in [0.25, 0.3) is 44.5 Å². The Bertz CT molecular complexity index is 2290. The maximum absolute atomic E-state index is 6.64. The highest BCUT2D eigenvalue weighted by Gasteiger charge is 2.38. The van der Waals surface area contributed by atoms with E-state index in [9.17, 15) is 0 Å². The Morgan fingerprint density at radius 1 is 0.809 bits per heavy atom. The Morgan fingerprint density at radius 3 is 2.38 bits per heavy atom. The minimum Gasteiger partial charge on any atom is -0.446 e. The van der Waals surface area contributed by atoms with Crippen LogP contribution in [0.2, 0.25) is 0 Å². The Labute approximate surface area is 273 Å². The lowest BCUT2D eigenvalue weighted by Crippen LogP contribution is -2.51. The Balaban J connectivity index is 1.35. The van der Waals surface area contributed by atoms with Crippen molar-refractivity contribution in [1.82, 2.24) is 5.32 Å². The van der Waals surface area contributed by atoms with E-state index in [1.165, 1.54) is 5.57 Å². The highest BCUT2D eigenvalue weighted by molar-refractivity contribution is 6.20. The SMILES string of the molecule is CC1(C2=CC=CCC2)N=C(N2c3ccccc3-c3oc4c#cccc4c3-c3cc(-c4ccccc4)ccc32)N=C(c2ccccc2)N1. The Morgan fingerprint density at radius 2 is 1.57 bits per heavy atom. The number of guanidine groups is 1. The van der Waals surface area contributed by atoms with Crippen LogP contribution in [0.15, 0.2) is 153 Å². The first-order valence-electron chi connectivity index (χ1n) is 16.0. The summed E-state index contributed by atoms with van der Waals surface area (Å²) in [6, 6.07) is 46.1. The largest absolute Gasteiger partial charge is 0.446 e. The summed E-state index contributed by atoms with van der Waals surface area (Å²) in [5, 5.41) is 4.72. The third kappa shape index (κ3) is 4.49. The van der Waals surface area contributed by atoms with E-state index in [1.54, 1.807) is 0 Å². The number of anilines is 2. The van der Waals surface area contributed by atoms with Crippen molar-refractivity contribution in [3.8, 4) is 33.6 Å². The van der Waals surface area contributed by atoms with Crippen LogP contribution >= 0.6 is 0 Å². The van der Waals surface area contributed by atoms with Gasteiger partial charge in [-0.25, -0.2) is 4.99 Å². The van der Waals surface area contributed by atoms with E-state index in [0.29, 0.717) is 11.5 Å². The monoisotopic (exact) mass is 606 g/mol. The lowest BCUT2D eigenvalue weighted by atomic mass is 9.92. The lowest BCUT2D eigenvalue weighted by Gasteiger charge is -2.38. The smallest absolute Gasteiger partial charge is 0.234 e. The van der Waals surface area contributed by atoms with Crippen LogP contribution in [0.3, 0.4) is 0 Å². The molecule has 0 bridgehead atoms. The summed E-state index contributed by atoms with van der Waals surface area (Å²) in [4.78, 5) is 13.0. The predicted octanol–water partition coefficient (Wildman–Crippen LogP) is 9.88. The van der Waals surface area contributed by atoms with Crippen molar-refractivity contribution >= 4 is 34.1 Å². The van der Waals surface area contributed by atoms with Gasteiger partial charge in [0.1, 0.15) is 11.6 Å². The van der Waals surface area contributed by atoms with Gasteiger partial charge in [-0.15, -0.1) is 0 Å². The van der Waals surface area contributed by atoms with Gasteiger partial charge in [0.15, 0.2) is 11.2 Å². The fraction of sp³-hybridized carbons (Fsp3) is 0.0952. The molecule has 3 aliphatic rings. The molecule has 9 rings (SSSR count). The number of nitrogens with one attached hydrogen (secondary N) is 1. The number of rotatable bonds is 3. The molecule has 3 heterocycles. The van der Waals surface area contributed by atoms with E-state index in [-0.39, 0.29) is 0 Å². The van der Waals surface area contributed by atoms with Crippen LogP contribution < -0.4 is 10.2 Å². The van der Waals surface area contributed by atoms with Crippen LogP contribution in [0.4, 0.5) is 11.4 Å². The van der Waals surface area contributed by atoms with Crippen LogP contribution in [0.1, 0.15) is 25.3 Å². The molecule has 1 unspecified atom stereocenters. The number of fused-ring (bicyclic) bond motifs is 7. The molecule has 0 spiro atoms. The van der Waals surface area contributed by atoms with Gasteiger partial charge in [0.25, 0.3) is 0 Å². The molecule has 0 saturated carbocycles. The number of furan rings is 1. The quantitative estimate of drug-likeness (QED) is 0.218. The van der Waals surface area contributed by atoms with Crippen LogP contribution in [-0.2, 0) is 0 Å². The summed E-state index contributed by atoms with van der Waals surface area (Å²) < 4.78 is 6.64. The van der Waals surface area contributed by atoms with E-state index in [2.05, 4.69) is 132 Å². The standard InChI is InChI=1S/C42H30N4O/c1-42(31-19-9-4-10-20-31)44-40(29-17-7-3-8-18-29)43-41(45-42)46-35-23-13-11-21-32(35)39-38(33-22-12-14-24-37(33)47-39)34-27-30(25-26-36(34)46)28-15-5-2-6-16-28/h2-9,11-13,15-19,21-23,25-27H,10,20H2,1H3,(H,43,44,45). The average Bonchev–Trinajstić information content (AvgIpc) is 3.47. The number of para-hydroxylation sites is 1. The molecule has 1 aromatic heterocycles.